The van der Waals surface area contributed by atoms with Crippen LogP contribution in [-0.2, 0) is 13.0 Å². The van der Waals surface area contributed by atoms with Crippen molar-refractivity contribution in [2.45, 2.75) is 52.7 Å². The van der Waals surface area contributed by atoms with Crippen LogP contribution in [0, 0.1) is 13.8 Å². The van der Waals surface area contributed by atoms with E-state index in [4.69, 9.17) is 9.72 Å². The summed E-state index contributed by atoms with van der Waals surface area (Å²) in [5.41, 5.74) is 5.45. The molecule has 0 bridgehead atoms. The molecular formula is C29H35N5O3. The van der Waals surface area contributed by atoms with Crippen LogP contribution in [-0.4, -0.2) is 48.2 Å². The van der Waals surface area contributed by atoms with Crippen molar-refractivity contribution in [3.63, 3.8) is 0 Å². The van der Waals surface area contributed by atoms with Crippen LogP contribution in [0.3, 0.4) is 0 Å². The van der Waals surface area contributed by atoms with Gasteiger partial charge < -0.3 is 25.3 Å². The molecule has 194 valence electrons. The zero-order valence-corrected chi connectivity index (χ0v) is 21.8. The van der Waals surface area contributed by atoms with Crippen LogP contribution in [0.25, 0.3) is 11.1 Å². The number of H-pyrrole nitrogens is 1. The van der Waals surface area contributed by atoms with Crippen molar-refractivity contribution < 1.29 is 9.53 Å². The monoisotopic (exact) mass is 501 g/mol. The molecule has 1 saturated heterocycles. The van der Waals surface area contributed by atoms with E-state index in [2.05, 4.69) is 33.5 Å². The molecule has 4 heterocycles. The van der Waals surface area contributed by atoms with E-state index in [0.717, 1.165) is 85.0 Å². The highest BCUT2D eigenvalue weighted by atomic mass is 16.5. The van der Waals surface area contributed by atoms with Crippen molar-refractivity contribution in [1.82, 2.24) is 20.6 Å². The van der Waals surface area contributed by atoms with Gasteiger partial charge in [-0.25, -0.2) is 4.98 Å². The van der Waals surface area contributed by atoms with Crippen molar-refractivity contribution >= 4 is 11.7 Å². The quantitative estimate of drug-likeness (QED) is 0.495. The summed E-state index contributed by atoms with van der Waals surface area (Å²) in [6, 6.07) is 9.85. The zero-order valence-electron chi connectivity index (χ0n) is 21.8. The van der Waals surface area contributed by atoms with Crippen molar-refractivity contribution in [1.29, 1.82) is 0 Å². The Balaban J connectivity index is 1.45. The average molecular weight is 502 g/mol. The summed E-state index contributed by atoms with van der Waals surface area (Å²) in [6.07, 6.45) is 4.78. The van der Waals surface area contributed by atoms with Gasteiger partial charge in [0.15, 0.2) is 0 Å². The molecule has 0 radical (unpaired) electrons. The molecule has 0 spiro atoms. The third-order valence-corrected chi connectivity index (χ3v) is 7.22. The lowest BCUT2D eigenvalue weighted by atomic mass is 9.96. The molecule has 1 fully saturated rings. The molecule has 2 aliphatic rings. The molecule has 8 heteroatoms. The number of piperazine rings is 1. The van der Waals surface area contributed by atoms with Crippen LogP contribution in [0.15, 0.2) is 41.3 Å². The summed E-state index contributed by atoms with van der Waals surface area (Å²) in [5.74, 6) is 1.58. The van der Waals surface area contributed by atoms with E-state index in [1.807, 2.05) is 44.3 Å². The van der Waals surface area contributed by atoms with Crippen LogP contribution in [0.2, 0.25) is 0 Å². The van der Waals surface area contributed by atoms with Crippen molar-refractivity contribution in [3.8, 4) is 16.9 Å². The van der Waals surface area contributed by atoms with Crippen LogP contribution < -0.4 is 25.8 Å². The predicted molar refractivity (Wildman–Crippen MR) is 145 cm³/mol. The lowest BCUT2D eigenvalue weighted by molar-refractivity contribution is 0.0950. The number of carbonyl (C=O) groups is 1. The minimum atomic E-state index is -0.217. The fourth-order valence-corrected chi connectivity index (χ4v) is 5.20. The van der Waals surface area contributed by atoms with Gasteiger partial charge in [-0.05, 0) is 81.5 Å². The van der Waals surface area contributed by atoms with Gasteiger partial charge in [-0.2, -0.15) is 0 Å². The largest absolute Gasteiger partial charge is 0.490 e. The Morgan fingerprint density at radius 3 is 2.73 bits per heavy atom. The summed E-state index contributed by atoms with van der Waals surface area (Å²) >= 11 is 0. The normalized spacial score (nSPS) is 17.5. The molecular weight excluding hydrogens is 466 g/mol. The highest BCUT2D eigenvalue weighted by Gasteiger charge is 2.22. The lowest BCUT2D eigenvalue weighted by Crippen LogP contribution is -2.43. The molecule has 1 atom stereocenters. The Morgan fingerprint density at radius 1 is 1.19 bits per heavy atom. The van der Waals surface area contributed by atoms with E-state index in [9.17, 15) is 9.59 Å². The van der Waals surface area contributed by atoms with Crippen LogP contribution in [0.1, 0.15) is 52.5 Å². The number of aromatic amines is 1. The summed E-state index contributed by atoms with van der Waals surface area (Å²) < 4.78 is 6.37. The predicted octanol–water partition coefficient (Wildman–Crippen LogP) is 3.50. The molecule has 0 aliphatic carbocycles. The van der Waals surface area contributed by atoms with Gasteiger partial charge in [-0.15, -0.1) is 0 Å². The Labute approximate surface area is 217 Å². The molecule has 2 aliphatic heterocycles. The first kappa shape index (κ1) is 25.0. The van der Waals surface area contributed by atoms with Crippen LogP contribution >= 0.6 is 0 Å². The second-order valence-corrected chi connectivity index (χ2v) is 10.1. The fourth-order valence-electron chi connectivity index (χ4n) is 5.20. The summed E-state index contributed by atoms with van der Waals surface area (Å²) in [5, 5.41) is 6.32. The number of pyridine rings is 2. The zero-order chi connectivity index (χ0) is 25.9. The summed E-state index contributed by atoms with van der Waals surface area (Å²) in [6.45, 7) is 9.76. The average Bonchev–Trinajstić information content (AvgIpc) is 3.08. The maximum atomic E-state index is 13.3. The van der Waals surface area contributed by atoms with Gasteiger partial charge in [0.05, 0.1) is 6.10 Å². The van der Waals surface area contributed by atoms with E-state index in [1.54, 1.807) is 0 Å². The molecule has 3 aromatic rings. The molecule has 0 saturated carbocycles. The molecule has 3 N–H and O–H groups in total. The minimum absolute atomic E-state index is 0.101. The number of nitrogens with zero attached hydrogens (tertiary/aromatic N) is 2. The van der Waals surface area contributed by atoms with E-state index >= 15 is 0 Å². The Bertz CT molecular complexity index is 1340. The molecule has 2 aromatic heterocycles. The lowest BCUT2D eigenvalue weighted by Gasteiger charge is -2.28. The van der Waals surface area contributed by atoms with Crippen LogP contribution in [0.4, 0.5) is 5.82 Å². The first-order valence-corrected chi connectivity index (χ1v) is 13.1. The van der Waals surface area contributed by atoms with Gasteiger partial charge in [-0.1, -0.05) is 0 Å². The number of aromatic nitrogens is 2. The van der Waals surface area contributed by atoms with Crippen molar-refractivity contribution in [2.24, 2.45) is 0 Å². The Morgan fingerprint density at radius 2 is 2.00 bits per heavy atom. The number of hydrogen-bond donors (Lipinski definition) is 3. The van der Waals surface area contributed by atoms with E-state index in [1.165, 1.54) is 0 Å². The Kier molecular flexibility index (Phi) is 7.28. The number of aryl methyl sites for hydroxylation is 3. The third-order valence-electron chi connectivity index (χ3n) is 7.22. The topological polar surface area (TPSA) is 99.3 Å². The number of hydrogen-bond acceptors (Lipinski definition) is 6. The summed E-state index contributed by atoms with van der Waals surface area (Å²) in [4.78, 5) is 35.6. The SMILES string of the molecule is Cc1cc(C)c(CNC(=O)c2cc3c(c(-c4ccc(N5CCNCC5)nc4)c2)OC(C)CCC3)c(=O)[nH]1. The standard InChI is InChI=1S/C29H35N5O3/c1-18-13-19(2)33-29(36)25(18)17-32-28(35)23-14-21-6-4-5-20(3)37-27(21)24(15-23)22-7-8-26(31-16-22)34-11-9-30-10-12-34/h7-8,13-16,20,30H,4-6,9-12,17H2,1-3H3,(H,32,35)(H,33,36). The molecule has 1 unspecified atom stereocenters. The Hall–Kier alpha value is -3.65. The highest BCUT2D eigenvalue weighted by Crippen LogP contribution is 2.38. The van der Waals surface area contributed by atoms with E-state index in [-0.39, 0.29) is 24.1 Å². The second-order valence-electron chi connectivity index (χ2n) is 10.1. The van der Waals surface area contributed by atoms with Gasteiger partial charge >= 0.3 is 0 Å². The van der Waals surface area contributed by atoms with Crippen molar-refractivity contribution in [2.75, 3.05) is 31.1 Å². The van der Waals surface area contributed by atoms with E-state index < -0.39 is 0 Å². The number of ether oxygens (including phenoxy) is 1. The molecule has 37 heavy (non-hydrogen) atoms. The second kappa shape index (κ2) is 10.8. The first-order valence-electron chi connectivity index (χ1n) is 13.1. The number of amides is 1. The molecule has 1 aromatic carbocycles. The van der Waals surface area contributed by atoms with Gasteiger partial charge in [0, 0.05) is 66.9 Å². The van der Waals surface area contributed by atoms with Crippen LogP contribution in [0.5, 0.6) is 5.75 Å². The maximum Gasteiger partial charge on any atom is 0.253 e. The number of rotatable bonds is 5. The number of carbonyl (C=O) groups excluding carboxylic acids is 1. The number of benzene rings is 1. The first-order chi connectivity index (χ1) is 17.9. The minimum Gasteiger partial charge on any atom is -0.490 e. The van der Waals surface area contributed by atoms with Gasteiger partial charge in [0.25, 0.3) is 11.5 Å². The highest BCUT2D eigenvalue weighted by molar-refractivity contribution is 5.96. The number of anilines is 1. The maximum absolute atomic E-state index is 13.3. The molecule has 1 amide bonds. The molecule has 5 rings (SSSR count). The van der Waals surface area contributed by atoms with Gasteiger partial charge in [0.2, 0.25) is 0 Å². The number of fused-ring (bicyclic) bond motifs is 1. The fraction of sp³-hybridized carbons (Fsp3) is 0.414. The van der Waals surface area contributed by atoms with Gasteiger partial charge in [-0.3, -0.25) is 9.59 Å². The molecule has 8 nitrogen and oxygen atoms in total. The third kappa shape index (κ3) is 5.54. The van der Waals surface area contributed by atoms with E-state index in [0.29, 0.717) is 11.1 Å². The van der Waals surface area contributed by atoms with Gasteiger partial charge in [0.1, 0.15) is 11.6 Å². The number of nitrogens with one attached hydrogen (secondary N) is 3. The van der Waals surface area contributed by atoms with Crippen molar-refractivity contribution in [3.05, 3.63) is 74.8 Å². The smallest absolute Gasteiger partial charge is 0.253 e. The summed E-state index contributed by atoms with van der Waals surface area (Å²) in [7, 11) is 0.